The lowest BCUT2D eigenvalue weighted by Gasteiger charge is -2.33. The van der Waals surface area contributed by atoms with E-state index in [-0.39, 0.29) is 0 Å². The van der Waals surface area contributed by atoms with Gasteiger partial charge in [-0.3, -0.25) is 5.01 Å². The third kappa shape index (κ3) is 2.96. The van der Waals surface area contributed by atoms with Crippen LogP contribution < -0.4 is 5.01 Å². The molecular weight excluding hydrogens is 228 g/mol. The van der Waals surface area contributed by atoms with E-state index < -0.39 is 0 Å². The highest BCUT2D eigenvalue weighted by atomic mass is 32.2. The second-order valence-corrected chi connectivity index (χ2v) is 5.58. The van der Waals surface area contributed by atoms with Gasteiger partial charge in [-0.2, -0.15) is 0 Å². The van der Waals surface area contributed by atoms with Crippen LogP contribution in [-0.2, 0) is 0 Å². The van der Waals surface area contributed by atoms with E-state index in [1.54, 1.807) is 0 Å². The number of rotatable bonds is 5. The Morgan fingerprint density at radius 2 is 1.94 bits per heavy atom. The van der Waals surface area contributed by atoms with Gasteiger partial charge < -0.3 is 0 Å². The molecule has 2 rings (SSSR count). The summed E-state index contributed by atoms with van der Waals surface area (Å²) >= 11 is 2.07. The fourth-order valence-corrected chi connectivity index (χ4v) is 3.68. The van der Waals surface area contributed by atoms with Crippen molar-refractivity contribution < 1.29 is 0 Å². The number of thioether (sulfide) groups is 1. The Kier molecular flexibility index (Phi) is 4.75. The second-order valence-electron chi connectivity index (χ2n) is 4.45. The summed E-state index contributed by atoms with van der Waals surface area (Å²) in [4.78, 5) is 0. The first-order valence-electron chi connectivity index (χ1n) is 6.57. The van der Waals surface area contributed by atoms with Crippen molar-refractivity contribution in [3.63, 3.8) is 0 Å². The first-order valence-corrected chi connectivity index (χ1v) is 7.62. The van der Waals surface area contributed by atoms with Crippen molar-refractivity contribution >= 4 is 17.4 Å². The quantitative estimate of drug-likeness (QED) is 0.781. The summed E-state index contributed by atoms with van der Waals surface area (Å²) in [6, 6.07) is 10.8. The Labute approximate surface area is 109 Å². The molecule has 0 amide bonds. The lowest BCUT2D eigenvalue weighted by Crippen LogP contribution is -2.41. The van der Waals surface area contributed by atoms with Gasteiger partial charge in [0.1, 0.15) is 0 Å². The molecule has 0 radical (unpaired) electrons. The summed E-state index contributed by atoms with van der Waals surface area (Å²) in [6.45, 7) is 5.68. The third-order valence-corrected chi connectivity index (χ3v) is 4.30. The molecule has 1 aromatic rings. The lowest BCUT2D eigenvalue weighted by molar-refractivity contribution is 0.300. The van der Waals surface area contributed by atoms with E-state index in [0.717, 1.165) is 12.4 Å². The van der Waals surface area contributed by atoms with Crippen LogP contribution in [0, 0.1) is 0 Å². The molecule has 0 aromatic heterocycles. The van der Waals surface area contributed by atoms with Crippen LogP contribution in [-0.4, -0.2) is 22.8 Å². The van der Waals surface area contributed by atoms with Crippen LogP contribution in [0.5, 0.6) is 0 Å². The Hall–Kier alpha value is -0.670. The van der Waals surface area contributed by atoms with Crippen molar-refractivity contribution in [2.45, 2.75) is 38.5 Å². The van der Waals surface area contributed by atoms with Crippen molar-refractivity contribution in [1.29, 1.82) is 0 Å². The standard InChI is InChI=1S/C14H22N2S/c1-3-8-14-16(13-9-6-5-7-10-13)15(11-4-2)12-17-14/h5-7,9-10,14H,3-4,8,11-12H2,1-2H3. The summed E-state index contributed by atoms with van der Waals surface area (Å²) in [7, 11) is 0. The van der Waals surface area contributed by atoms with Crippen LogP contribution in [0.1, 0.15) is 33.1 Å². The van der Waals surface area contributed by atoms with Gasteiger partial charge >= 0.3 is 0 Å². The average Bonchev–Trinajstić information content (AvgIpc) is 2.74. The Morgan fingerprint density at radius 3 is 2.59 bits per heavy atom. The van der Waals surface area contributed by atoms with Crippen molar-refractivity contribution in [1.82, 2.24) is 5.01 Å². The predicted octanol–water partition coefficient (Wildman–Crippen LogP) is 3.95. The Morgan fingerprint density at radius 1 is 1.18 bits per heavy atom. The minimum Gasteiger partial charge on any atom is -0.292 e. The topological polar surface area (TPSA) is 6.48 Å². The summed E-state index contributed by atoms with van der Waals surface area (Å²) in [5, 5.41) is 5.60. The fraction of sp³-hybridized carbons (Fsp3) is 0.571. The van der Waals surface area contributed by atoms with Crippen LogP contribution in [0.15, 0.2) is 30.3 Å². The molecule has 1 heterocycles. The van der Waals surface area contributed by atoms with E-state index in [2.05, 4.69) is 66.0 Å². The molecule has 0 spiro atoms. The van der Waals surface area contributed by atoms with E-state index in [0.29, 0.717) is 5.37 Å². The molecule has 0 bridgehead atoms. The van der Waals surface area contributed by atoms with Crippen LogP contribution in [0.2, 0.25) is 0 Å². The van der Waals surface area contributed by atoms with Gasteiger partial charge in [-0.25, -0.2) is 5.01 Å². The molecule has 0 aliphatic carbocycles. The molecule has 1 fully saturated rings. The number of nitrogens with zero attached hydrogens (tertiary/aromatic N) is 2. The van der Waals surface area contributed by atoms with Gasteiger partial charge in [0.2, 0.25) is 0 Å². The number of anilines is 1. The molecule has 1 aromatic carbocycles. The monoisotopic (exact) mass is 250 g/mol. The van der Waals surface area contributed by atoms with Crippen molar-refractivity contribution in [3.05, 3.63) is 30.3 Å². The maximum absolute atomic E-state index is 2.50. The summed E-state index contributed by atoms with van der Waals surface area (Å²) in [5.74, 6) is 1.13. The van der Waals surface area contributed by atoms with Gasteiger partial charge in [0, 0.05) is 6.54 Å². The first-order chi connectivity index (χ1) is 8.36. The van der Waals surface area contributed by atoms with E-state index in [1.165, 1.54) is 24.9 Å². The van der Waals surface area contributed by atoms with Crippen LogP contribution in [0.25, 0.3) is 0 Å². The largest absolute Gasteiger partial charge is 0.292 e. The van der Waals surface area contributed by atoms with Gasteiger partial charge in [0.05, 0.1) is 16.9 Å². The molecular formula is C14H22N2S. The first kappa shape index (κ1) is 12.8. The molecule has 1 atom stereocenters. The van der Waals surface area contributed by atoms with E-state index in [9.17, 15) is 0 Å². The number of hydrogen-bond donors (Lipinski definition) is 0. The molecule has 1 aliphatic heterocycles. The highest BCUT2D eigenvalue weighted by molar-refractivity contribution is 8.00. The van der Waals surface area contributed by atoms with Gasteiger partial charge in [-0.15, -0.1) is 11.8 Å². The minimum absolute atomic E-state index is 0.619. The minimum atomic E-state index is 0.619. The maximum Gasteiger partial charge on any atom is 0.0923 e. The van der Waals surface area contributed by atoms with Gasteiger partial charge in [0.15, 0.2) is 0 Å². The molecule has 17 heavy (non-hydrogen) atoms. The molecule has 2 nitrogen and oxygen atoms in total. The number of para-hydroxylation sites is 1. The fourth-order valence-electron chi connectivity index (χ4n) is 2.28. The molecule has 1 aliphatic rings. The maximum atomic E-state index is 2.50. The molecule has 0 N–H and O–H groups in total. The summed E-state index contributed by atoms with van der Waals surface area (Å²) in [6.07, 6.45) is 3.73. The lowest BCUT2D eigenvalue weighted by atomic mass is 10.2. The zero-order chi connectivity index (χ0) is 12.1. The summed E-state index contributed by atoms with van der Waals surface area (Å²) < 4.78 is 0. The van der Waals surface area contributed by atoms with Crippen molar-refractivity contribution in [2.75, 3.05) is 17.4 Å². The SMILES string of the molecule is CCCC1SCN(CCC)N1c1ccccc1. The van der Waals surface area contributed by atoms with Crippen LogP contribution in [0.3, 0.4) is 0 Å². The zero-order valence-corrected chi connectivity index (χ0v) is 11.6. The number of benzene rings is 1. The number of hydrogen-bond acceptors (Lipinski definition) is 3. The highest BCUT2D eigenvalue weighted by Gasteiger charge is 2.31. The molecule has 1 unspecified atom stereocenters. The Balaban J connectivity index is 2.17. The highest BCUT2D eigenvalue weighted by Crippen LogP contribution is 2.35. The van der Waals surface area contributed by atoms with Gasteiger partial charge in [0.25, 0.3) is 0 Å². The van der Waals surface area contributed by atoms with E-state index >= 15 is 0 Å². The van der Waals surface area contributed by atoms with E-state index in [4.69, 9.17) is 0 Å². The smallest absolute Gasteiger partial charge is 0.0923 e. The molecule has 94 valence electrons. The van der Waals surface area contributed by atoms with Crippen molar-refractivity contribution in [3.8, 4) is 0 Å². The van der Waals surface area contributed by atoms with Gasteiger partial charge in [-0.1, -0.05) is 38.5 Å². The molecule has 3 heteroatoms. The average molecular weight is 250 g/mol. The van der Waals surface area contributed by atoms with Crippen molar-refractivity contribution in [2.24, 2.45) is 0 Å². The van der Waals surface area contributed by atoms with Crippen LogP contribution in [0.4, 0.5) is 5.69 Å². The second kappa shape index (κ2) is 6.31. The van der Waals surface area contributed by atoms with E-state index in [1.807, 2.05) is 0 Å². The predicted molar refractivity (Wildman–Crippen MR) is 77.1 cm³/mol. The Bertz CT molecular complexity index is 314. The molecule has 0 saturated carbocycles. The summed E-state index contributed by atoms with van der Waals surface area (Å²) in [5.41, 5.74) is 1.34. The molecule has 1 saturated heterocycles. The van der Waals surface area contributed by atoms with Gasteiger partial charge in [-0.05, 0) is 25.0 Å². The van der Waals surface area contributed by atoms with Crippen LogP contribution >= 0.6 is 11.8 Å². The normalized spacial score (nSPS) is 21.1. The zero-order valence-electron chi connectivity index (χ0n) is 10.8. The number of hydrazine groups is 1. The third-order valence-electron chi connectivity index (χ3n) is 3.03.